The van der Waals surface area contributed by atoms with Crippen LogP contribution in [0.5, 0.6) is 17.2 Å². The number of rotatable bonds is 2. The summed E-state index contributed by atoms with van der Waals surface area (Å²) in [7, 11) is 0. The largest absolute Gasteiger partial charge is 0.504 e. The van der Waals surface area contributed by atoms with E-state index in [4.69, 9.17) is 9.47 Å². The van der Waals surface area contributed by atoms with Crippen molar-refractivity contribution in [1.29, 1.82) is 0 Å². The Hall–Kier alpha value is -1.53. The van der Waals surface area contributed by atoms with Crippen LogP contribution in [-0.4, -0.2) is 43.0 Å². The number of hydrogen-bond acceptors (Lipinski definition) is 5. The van der Waals surface area contributed by atoms with Crippen LogP contribution in [-0.2, 0) is 6.54 Å². The van der Waals surface area contributed by atoms with Crippen molar-refractivity contribution in [3.8, 4) is 17.2 Å². The maximum absolute atomic E-state index is 13.8. The molecule has 0 atom stereocenters. The lowest BCUT2D eigenvalue weighted by molar-refractivity contribution is 0.170. The minimum absolute atomic E-state index is 0.00276. The number of nitrogens with one attached hydrogen (secondary N) is 1. The van der Waals surface area contributed by atoms with E-state index >= 15 is 0 Å². The fourth-order valence-corrected chi connectivity index (χ4v) is 2.27. The van der Waals surface area contributed by atoms with Crippen molar-refractivity contribution in [2.24, 2.45) is 0 Å². The van der Waals surface area contributed by atoms with Crippen LogP contribution in [0.3, 0.4) is 0 Å². The van der Waals surface area contributed by atoms with Crippen molar-refractivity contribution in [3.63, 3.8) is 0 Å². The summed E-state index contributed by atoms with van der Waals surface area (Å²) in [5, 5.41) is 13.1. The van der Waals surface area contributed by atoms with Gasteiger partial charge in [-0.25, -0.2) is 0 Å². The number of ether oxygens (including phenoxy) is 2. The van der Waals surface area contributed by atoms with Crippen LogP contribution in [0.1, 0.15) is 5.56 Å². The third-order valence-electron chi connectivity index (χ3n) is 3.26. The van der Waals surface area contributed by atoms with Crippen molar-refractivity contribution >= 4 is 0 Å². The van der Waals surface area contributed by atoms with E-state index in [0.29, 0.717) is 17.9 Å². The fourth-order valence-electron chi connectivity index (χ4n) is 2.27. The summed E-state index contributed by atoms with van der Waals surface area (Å²) in [4.78, 5) is 2.16. The number of halogens is 1. The zero-order chi connectivity index (χ0) is 12.5. The topological polar surface area (TPSA) is 54.0 Å². The molecule has 2 heterocycles. The third kappa shape index (κ3) is 1.97. The van der Waals surface area contributed by atoms with Crippen molar-refractivity contribution in [3.05, 3.63) is 17.4 Å². The first kappa shape index (κ1) is 11.6. The number of benzene rings is 1. The summed E-state index contributed by atoms with van der Waals surface area (Å²) in [6, 6.07) is 1.66. The molecule has 98 valence electrons. The van der Waals surface area contributed by atoms with Crippen LogP contribution < -0.4 is 14.8 Å². The highest BCUT2D eigenvalue weighted by Gasteiger charge is 2.25. The zero-order valence-corrected chi connectivity index (χ0v) is 9.91. The SMILES string of the molecule is Oc1c(CN2CCNCC2)cc2c(c1F)OCO2. The molecule has 0 amide bonds. The lowest BCUT2D eigenvalue weighted by Crippen LogP contribution is -2.42. The van der Waals surface area contributed by atoms with E-state index in [0.717, 1.165) is 26.2 Å². The number of fused-ring (bicyclic) bond motifs is 1. The van der Waals surface area contributed by atoms with Gasteiger partial charge in [0, 0.05) is 38.3 Å². The maximum Gasteiger partial charge on any atom is 0.231 e. The predicted octanol–water partition coefficient (Wildman–Crippen LogP) is 0.665. The van der Waals surface area contributed by atoms with E-state index in [9.17, 15) is 9.50 Å². The van der Waals surface area contributed by atoms with Crippen molar-refractivity contribution in [2.75, 3.05) is 33.0 Å². The van der Waals surface area contributed by atoms with Crippen molar-refractivity contribution in [1.82, 2.24) is 10.2 Å². The smallest absolute Gasteiger partial charge is 0.231 e. The Morgan fingerprint density at radius 3 is 2.89 bits per heavy atom. The van der Waals surface area contributed by atoms with Gasteiger partial charge < -0.3 is 19.9 Å². The van der Waals surface area contributed by atoms with Gasteiger partial charge in [-0.15, -0.1) is 0 Å². The second-order valence-electron chi connectivity index (χ2n) is 4.46. The monoisotopic (exact) mass is 254 g/mol. The Morgan fingerprint density at radius 1 is 1.33 bits per heavy atom. The Bertz CT molecular complexity index is 461. The first-order valence-electron chi connectivity index (χ1n) is 5.98. The van der Waals surface area contributed by atoms with Crippen LogP contribution in [0.15, 0.2) is 6.07 Å². The minimum Gasteiger partial charge on any atom is -0.504 e. The number of phenolic OH excluding ortho intramolecular Hbond substituents is 1. The summed E-state index contributed by atoms with van der Waals surface area (Å²) < 4.78 is 24.0. The molecule has 2 aliphatic rings. The van der Waals surface area contributed by atoms with Gasteiger partial charge in [-0.3, -0.25) is 4.90 Å². The van der Waals surface area contributed by atoms with Crippen molar-refractivity contribution < 1.29 is 19.0 Å². The average molecular weight is 254 g/mol. The number of nitrogens with zero attached hydrogens (tertiary/aromatic N) is 1. The molecule has 0 aromatic heterocycles. The quantitative estimate of drug-likeness (QED) is 0.812. The van der Waals surface area contributed by atoms with E-state index in [1.54, 1.807) is 6.07 Å². The fraction of sp³-hybridized carbons (Fsp3) is 0.500. The Morgan fingerprint density at radius 2 is 2.11 bits per heavy atom. The van der Waals surface area contributed by atoms with E-state index in [1.807, 2.05) is 0 Å². The van der Waals surface area contributed by atoms with Crippen LogP contribution in [0.2, 0.25) is 0 Å². The summed E-state index contributed by atoms with van der Waals surface area (Å²) in [5.41, 5.74) is 0.540. The first-order valence-corrected chi connectivity index (χ1v) is 5.98. The molecular formula is C12H15FN2O3. The molecule has 0 bridgehead atoms. The van der Waals surface area contributed by atoms with Gasteiger partial charge in [0.15, 0.2) is 11.5 Å². The van der Waals surface area contributed by atoms with Crippen molar-refractivity contribution in [2.45, 2.75) is 6.54 Å². The van der Waals surface area contributed by atoms with Gasteiger partial charge in [0.1, 0.15) is 0 Å². The van der Waals surface area contributed by atoms with Gasteiger partial charge in [0.2, 0.25) is 18.4 Å². The lowest BCUT2D eigenvalue weighted by atomic mass is 10.1. The van der Waals surface area contributed by atoms with Crippen LogP contribution in [0.4, 0.5) is 4.39 Å². The van der Waals surface area contributed by atoms with Gasteiger partial charge in [-0.05, 0) is 6.07 Å². The molecule has 3 rings (SSSR count). The lowest BCUT2D eigenvalue weighted by Gasteiger charge is -2.27. The molecule has 1 saturated heterocycles. The van der Waals surface area contributed by atoms with Gasteiger partial charge in [-0.1, -0.05) is 0 Å². The molecule has 6 heteroatoms. The molecule has 0 radical (unpaired) electrons. The highest BCUT2D eigenvalue weighted by atomic mass is 19.1. The number of aromatic hydroxyl groups is 1. The van der Waals surface area contributed by atoms with Crippen LogP contribution >= 0.6 is 0 Å². The molecule has 1 fully saturated rings. The van der Waals surface area contributed by atoms with E-state index < -0.39 is 5.82 Å². The van der Waals surface area contributed by atoms with Gasteiger partial charge in [0.25, 0.3) is 0 Å². The average Bonchev–Trinajstić information content (AvgIpc) is 2.85. The third-order valence-corrected chi connectivity index (χ3v) is 3.26. The number of hydrogen-bond donors (Lipinski definition) is 2. The molecule has 2 aliphatic heterocycles. The van der Waals surface area contributed by atoms with Gasteiger partial charge in [-0.2, -0.15) is 4.39 Å². The molecule has 1 aromatic carbocycles. The van der Waals surface area contributed by atoms with Gasteiger partial charge >= 0.3 is 0 Å². The Kier molecular flexibility index (Phi) is 2.97. The highest BCUT2D eigenvalue weighted by Crippen LogP contribution is 2.41. The van der Waals surface area contributed by atoms with E-state index in [1.165, 1.54) is 0 Å². The van der Waals surface area contributed by atoms with E-state index in [2.05, 4.69) is 10.2 Å². The second kappa shape index (κ2) is 4.62. The first-order chi connectivity index (χ1) is 8.75. The van der Waals surface area contributed by atoms with Gasteiger partial charge in [0.05, 0.1) is 0 Å². The number of piperazine rings is 1. The zero-order valence-electron chi connectivity index (χ0n) is 9.91. The normalized spacial score (nSPS) is 19.2. The number of phenols is 1. The molecule has 0 aliphatic carbocycles. The molecule has 5 nitrogen and oxygen atoms in total. The molecule has 0 spiro atoms. The Labute approximate surface area is 104 Å². The van der Waals surface area contributed by atoms with E-state index in [-0.39, 0.29) is 18.3 Å². The molecule has 0 saturated carbocycles. The summed E-state index contributed by atoms with van der Waals surface area (Å²) in [5.74, 6) is -0.681. The minimum atomic E-state index is -0.727. The molecular weight excluding hydrogens is 239 g/mol. The standard InChI is InChI=1S/C12H15FN2O3/c13-10-11(16)8(5-9-12(10)18-7-17-9)6-15-3-1-14-2-4-15/h5,14,16H,1-4,6-7H2. The molecule has 2 N–H and O–H groups in total. The maximum atomic E-state index is 13.8. The Balaban J connectivity index is 1.85. The molecule has 0 unspecified atom stereocenters. The summed E-state index contributed by atoms with van der Waals surface area (Å²) >= 11 is 0. The molecule has 18 heavy (non-hydrogen) atoms. The summed E-state index contributed by atoms with van der Waals surface area (Å²) in [6.07, 6.45) is 0. The van der Waals surface area contributed by atoms with Crippen LogP contribution in [0, 0.1) is 5.82 Å². The highest BCUT2D eigenvalue weighted by molar-refractivity contribution is 5.52. The second-order valence-corrected chi connectivity index (χ2v) is 4.46. The predicted molar refractivity (Wildman–Crippen MR) is 62.3 cm³/mol. The molecule has 1 aromatic rings. The van der Waals surface area contributed by atoms with Crippen LogP contribution in [0.25, 0.3) is 0 Å². The summed E-state index contributed by atoms with van der Waals surface area (Å²) in [6.45, 7) is 4.11.